The lowest BCUT2D eigenvalue weighted by molar-refractivity contribution is -0.384. The van der Waals surface area contributed by atoms with Gasteiger partial charge in [-0.2, -0.15) is 0 Å². The second kappa shape index (κ2) is 5.98. The highest BCUT2D eigenvalue weighted by molar-refractivity contribution is 7.89. The Morgan fingerprint density at radius 2 is 1.95 bits per heavy atom. The lowest BCUT2D eigenvalue weighted by Gasteiger charge is -2.15. The molecule has 0 aromatic heterocycles. The van der Waals surface area contributed by atoms with E-state index in [1.165, 1.54) is 12.1 Å². The highest BCUT2D eigenvalue weighted by atomic mass is 32.2. The molecule has 7 nitrogen and oxygen atoms in total. The number of nitrogens with zero attached hydrogens (tertiary/aromatic N) is 1. The zero-order valence-corrected chi connectivity index (χ0v) is 11.6. The van der Waals surface area contributed by atoms with E-state index in [4.69, 9.17) is 5.73 Å². The molecule has 0 aliphatic carbocycles. The zero-order chi connectivity index (χ0) is 14.6. The molecule has 0 aliphatic heterocycles. The Labute approximate surface area is 112 Å². The molecule has 0 spiro atoms. The molecule has 8 heteroatoms. The normalized spacial score (nSPS) is 11.7. The van der Waals surface area contributed by atoms with E-state index in [0.717, 1.165) is 6.07 Å². The third kappa shape index (κ3) is 3.65. The van der Waals surface area contributed by atoms with Crippen molar-refractivity contribution in [2.24, 2.45) is 0 Å². The van der Waals surface area contributed by atoms with E-state index in [1.54, 1.807) is 0 Å². The fourth-order valence-electron chi connectivity index (χ4n) is 1.59. The summed E-state index contributed by atoms with van der Waals surface area (Å²) in [6.45, 7) is 3.73. The van der Waals surface area contributed by atoms with Crippen molar-refractivity contribution in [1.29, 1.82) is 0 Å². The van der Waals surface area contributed by atoms with Crippen LogP contribution in [0.1, 0.15) is 26.7 Å². The van der Waals surface area contributed by atoms with Gasteiger partial charge >= 0.3 is 0 Å². The Morgan fingerprint density at radius 1 is 1.37 bits per heavy atom. The van der Waals surface area contributed by atoms with E-state index < -0.39 is 20.6 Å². The first-order valence-corrected chi connectivity index (χ1v) is 7.36. The minimum Gasteiger partial charge on any atom is -0.393 e. The first-order chi connectivity index (χ1) is 8.81. The second-order valence-electron chi connectivity index (χ2n) is 4.11. The van der Waals surface area contributed by atoms with E-state index in [9.17, 15) is 18.5 Å². The molecule has 1 aromatic carbocycles. The van der Waals surface area contributed by atoms with E-state index in [2.05, 4.69) is 4.72 Å². The number of benzene rings is 1. The smallest absolute Gasteiger partial charge is 0.293 e. The summed E-state index contributed by atoms with van der Waals surface area (Å²) in [5, 5.41) is 10.7. The van der Waals surface area contributed by atoms with Crippen LogP contribution in [-0.4, -0.2) is 19.4 Å². The van der Waals surface area contributed by atoms with Gasteiger partial charge in [-0.05, 0) is 25.0 Å². The molecular weight excluding hydrogens is 270 g/mol. The molecule has 0 amide bonds. The second-order valence-corrected chi connectivity index (χ2v) is 5.83. The van der Waals surface area contributed by atoms with Crippen LogP contribution in [0.3, 0.4) is 0 Å². The first-order valence-electron chi connectivity index (χ1n) is 5.88. The number of hydrogen-bond donors (Lipinski definition) is 2. The molecule has 0 saturated carbocycles. The van der Waals surface area contributed by atoms with Crippen molar-refractivity contribution >= 4 is 21.4 Å². The highest BCUT2D eigenvalue weighted by Gasteiger charge is 2.22. The Kier molecular flexibility index (Phi) is 4.84. The minimum atomic E-state index is -3.77. The van der Waals surface area contributed by atoms with Crippen molar-refractivity contribution in [3.8, 4) is 0 Å². The number of nitrogens with two attached hydrogens (primary N) is 1. The summed E-state index contributed by atoms with van der Waals surface area (Å²) in [5.41, 5.74) is 4.96. The molecule has 0 unspecified atom stereocenters. The molecule has 0 fully saturated rings. The maximum absolute atomic E-state index is 12.1. The predicted octanol–water partition coefficient (Wildman–Crippen LogP) is 1.64. The number of anilines is 1. The molecule has 0 aliphatic rings. The third-order valence-corrected chi connectivity index (χ3v) is 4.33. The van der Waals surface area contributed by atoms with Crippen LogP contribution in [0.2, 0.25) is 0 Å². The maximum atomic E-state index is 12.1. The van der Waals surface area contributed by atoms with Gasteiger partial charge in [-0.15, -0.1) is 0 Å². The average molecular weight is 287 g/mol. The van der Waals surface area contributed by atoms with Crippen LogP contribution in [-0.2, 0) is 10.0 Å². The maximum Gasteiger partial charge on any atom is 0.293 e. The van der Waals surface area contributed by atoms with Crippen molar-refractivity contribution < 1.29 is 13.3 Å². The van der Waals surface area contributed by atoms with Crippen LogP contribution in [0.5, 0.6) is 0 Å². The van der Waals surface area contributed by atoms with Crippen molar-refractivity contribution in [2.75, 3.05) is 5.73 Å². The van der Waals surface area contributed by atoms with Crippen molar-refractivity contribution in [2.45, 2.75) is 37.6 Å². The van der Waals surface area contributed by atoms with Gasteiger partial charge < -0.3 is 5.73 Å². The molecule has 0 radical (unpaired) electrons. The topological polar surface area (TPSA) is 115 Å². The number of nitrogens with one attached hydrogen (secondary N) is 1. The molecule has 0 atom stereocenters. The molecular formula is C11H17N3O4S. The average Bonchev–Trinajstić information content (AvgIpc) is 2.35. The quantitative estimate of drug-likeness (QED) is 0.469. The number of nitro groups is 1. The summed E-state index contributed by atoms with van der Waals surface area (Å²) in [7, 11) is -3.77. The van der Waals surface area contributed by atoms with Gasteiger partial charge in [0.15, 0.2) is 0 Å². The van der Waals surface area contributed by atoms with Crippen LogP contribution in [0.25, 0.3) is 0 Å². The van der Waals surface area contributed by atoms with Gasteiger partial charge in [0.1, 0.15) is 5.69 Å². The van der Waals surface area contributed by atoms with Crippen LogP contribution in [0.4, 0.5) is 11.4 Å². The SMILES string of the molecule is CCC(CC)NS(=O)(=O)c1ccc(N)c([N+](=O)[O-])c1. The molecule has 0 bridgehead atoms. The summed E-state index contributed by atoms with van der Waals surface area (Å²) < 4.78 is 26.6. The molecule has 1 rings (SSSR count). The fourth-order valence-corrected chi connectivity index (χ4v) is 3.01. The van der Waals surface area contributed by atoms with E-state index >= 15 is 0 Å². The minimum absolute atomic E-state index is 0.0634. The molecule has 106 valence electrons. The Bertz CT molecular complexity index is 567. The summed E-state index contributed by atoms with van der Waals surface area (Å²) in [6, 6.07) is 3.26. The summed E-state index contributed by atoms with van der Waals surface area (Å²) in [5.74, 6) is 0. The van der Waals surface area contributed by atoms with Gasteiger partial charge in [-0.25, -0.2) is 13.1 Å². The Morgan fingerprint density at radius 3 is 2.42 bits per heavy atom. The number of sulfonamides is 1. The van der Waals surface area contributed by atoms with E-state index in [1.807, 2.05) is 13.8 Å². The number of nitro benzene ring substituents is 1. The van der Waals surface area contributed by atoms with Crippen LogP contribution in [0, 0.1) is 10.1 Å². The molecule has 19 heavy (non-hydrogen) atoms. The van der Waals surface area contributed by atoms with Gasteiger partial charge in [0, 0.05) is 12.1 Å². The number of nitrogen functional groups attached to an aromatic ring is 1. The Balaban J connectivity index is 3.15. The van der Waals surface area contributed by atoms with Gasteiger partial charge in [-0.3, -0.25) is 10.1 Å². The molecule has 0 heterocycles. The van der Waals surface area contributed by atoms with E-state index in [-0.39, 0.29) is 16.6 Å². The molecule has 1 aromatic rings. The highest BCUT2D eigenvalue weighted by Crippen LogP contribution is 2.25. The monoisotopic (exact) mass is 287 g/mol. The predicted molar refractivity (Wildman–Crippen MR) is 72.2 cm³/mol. The largest absolute Gasteiger partial charge is 0.393 e. The van der Waals surface area contributed by atoms with Gasteiger partial charge in [0.25, 0.3) is 5.69 Å². The van der Waals surface area contributed by atoms with E-state index in [0.29, 0.717) is 12.8 Å². The Hall–Kier alpha value is -1.67. The summed E-state index contributed by atoms with van der Waals surface area (Å²) in [4.78, 5) is 9.89. The lowest BCUT2D eigenvalue weighted by atomic mass is 10.2. The van der Waals surface area contributed by atoms with Crippen molar-refractivity contribution in [1.82, 2.24) is 4.72 Å². The van der Waals surface area contributed by atoms with Crippen molar-refractivity contribution in [3.05, 3.63) is 28.3 Å². The number of hydrogen-bond acceptors (Lipinski definition) is 5. The number of rotatable bonds is 6. The third-order valence-electron chi connectivity index (χ3n) is 2.82. The fraction of sp³-hybridized carbons (Fsp3) is 0.455. The van der Waals surface area contributed by atoms with Gasteiger partial charge in [-0.1, -0.05) is 13.8 Å². The first kappa shape index (κ1) is 15.4. The van der Waals surface area contributed by atoms with Crippen LogP contribution in [0.15, 0.2) is 23.1 Å². The summed E-state index contributed by atoms with van der Waals surface area (Å²) >= 11 is 0. The van der Waals surface area contributed by atoms with Crippen LogP contribution >= 0.6 is 0 Å². The summed E-state index contributed by atoms with van der Waals surface area (Å²) in [6.07, 6.45) is 1.29. The molecule has 3 N–H and O–H groups in total. The molecule has 0 saturated heterocycles. The van der Waals surface area contributed by atoms with Crippen LogP contribution < -0.4 is 10.5 Å². The standard InChI is InChI=1S/C11H17N3O4S/c1-3-8(4-2)13-19(17,18)9-5-6-10(12)11(7-9)14(15)16/h5-8,13H,3-4,12H2,1-2H3. The van der Waals surface area contributed by atoms with Gasteiger partial charge in [0.05, 0.1) is 9.82 Å². The lowest BCUT2D eigenvalue weighted by Crippen LogP contribution is -2.33. The van der Waals surface area contributed by atoms with Gasteiger partial charge in [0.2, 0.25) is 10.0 Å². The zero-order valence-electron chi connectivity index (χ0n) is 10.8. The van der Waals surface area contributed by atoms with Crippen molar-refractivity contribution in [3.63, 3.8) is 0 Å².